The summed E-state index contributed by atoms with van der Waals surface area (Å²) in [6.07, 6.45) is 3.09. The predicted molar refractivity (Wildman–Crippen MR) is 76.9 cm³/mol. The lowest BCUT2D eigenvalue weighted by molar-refractivity contribution is 0.326. The van der Waals surface area contributed by atoms with E-state index in [2.05, 4.69) is 28.1 Å². The molecular weight excluding hydrogens is 246 g/mol. The monoisotopic (exact) mass is 263 g/mol. The molecule has 0 amide bonds. The van der Waals surface area contributed by atoms with Gasteiger partial charge in [-0.05, 0) is 24.1 Å². The highest BCUT2D eigenvalue weighted by molar-refractivity contribution is 5.85. The van der Waals surface area contributed by atoms with Crippen LogP contribution in [-0.2, 0) is 6.54 Å². The minimum Gasteiger partial charge on any atom is -0.326 e. The fraction of sp³-hybridized carbons (Fsp3) is 0.357. The number of benzene rings is 1. The van der Waals surface area contributed by atoms with Gasteiger partial charge in [0.1, 0.15) is 0 Å². The van der Waals surface area contributed by atoms with Gasteiger partial charge in [0.15, 0.2) is 0 Å². The molecule has 18 heavy (non-hydrogen) atoms. The molecular formula is C14H18ClN3. The van der Waals surface area contributed by atoms with Gasteiger partial charge in [0, 0.05) is 37.3 Å². The van der Waals surface area contributed by atoms with Crippen molar-refractivity contribution < 1.29 is 0 Å². The molecule has 2 N–H and O–H groups in total. The third kappa shape index (κ3) is 2.80. The van der Waals surface area contributed by atoms with Crippen LogP contribution in [0, 0.1) is 0 Å². The second-order valence-electron chi connectivity index (χ2n) is 4.82. The largest absolute Gasteiger partial charge is 0.326 e. The van der Waals surface area contributed by atoms with E-state index >= 15 is 0 Å². The van der Waals surface area contributed by atoms with E-state index in [0.717, 1.165) is 31.6 Å². The number of rotatable bonds is 2. The second-order valence-corrected chi connectivity index (χ2v) is 4.82. The van der Waals surface area contributed by atoms with Crippen molar-refractivity contribution in [2.75, 3.05) is 13.1 Å². The van der Waals surface area contributed by atoms with Crippen LogP contribution in [0.4, 0.5) is 0 Å². The molecule has 1 aromatic heterocycles. The molecule has 0 aliphatic carbocycles. The highest BCUT2D eigenvalue weighted by Gasteiger charge is 2.18. The van der Waals surface area contributed by atoms with Gasteiger partial charge in [0.05, 0.1) is 5.52 Å². The molecule has 0 unspecified atom stereocenters. The van der Waals surface area contributed by atoms with Crippen LogP contribution in [0.2, 0.25) is 0 Å². The first-order valence-electron chi connectivity index (χ1n) is 6.13. The summed E-state index contributed by atoms with van der Waals surface area (Å²) in [6.45, 7) is 3.08. The number of nitrogens with zero attached hydrogens (tertiary/aromatic N) is 2. The first-order chi connectivity index (χ1) is 8.31. The third-order valence-electron chi connectivity index (χ3n) is 3.36. The van der Waals surface area contributed by atoms with Crippen molar-refractivity contribution in [3.05, 3.63) is 42.1 Å². The molecule has 3 rings (SSSR count). The lowest BCUT2D eigenvalue weighted by Crippen LogP contribution is -2.26. The van der Waals surface area contributed by atoms with Gasteiger partial charge in [-0.1, -0.05) is 18.2 Å². The van der Waals surface area contributed by atoms with Crippen LogP contribution < -0.4 is 5.73 Å². The molecule has 96 valence electrons. The molecule has 1 aliphatic heterocycles. The van der Waals surface area contributed by atoms with Crippen molar-refractivity contribution in [3.8, 4) is 0 Å². The normalized spacial score (nSPS) is 19.9. The van der Waals surface area contributed by atoms with Crippen molar-refractivity contribution in [2.45, 2.75) is 19.0 Å². The van der Waals surface area contributed by atoms with Crippen molar-refractivity contribution in [1.82, 2.24) is 9.88 Å². The molecule has 1 atom stereocenters. The van der Waals surface area contributed by atoms with E-state index in [1.165, 1.54) is 10.9 Å². The molecule has 3 nitrogen and oxygen atoms in total. The SMILES string of the molecule is Cl.N[C@@H]1CCN(Cc2cnc3ccccc3c2)C1. The Kier molecular flexibility index (Phi) is 4.17. The molecule has 4 heteroatoms. The number of nitrogens with two attached hydrogens (primary N) is 1. The summed E-state index contributed by atoms with van der Waals surface area (Å²) in [5.41, 5.74) is 8.25. The minimum absolute atomic E-state index is 0. The third-order valence-corrected chi connectivity index (χ3v) is 3.36. The zero-order valence-electron chi connectivity index (χ0n) is 10.2. The van der Waals surface area contributed by atoms with Crippen LogP contribution in [0.1, 0.15) is 12.0 Å². The maximum atomic E-state index is 5.91. The first kappa shape index (κ1) is 13.3. The van der Waals surface area contributed by atoms with E-state index in [1.807, 2.05) is 18.3 Å². The Hall–Kier alpha value is -1.16. The lowest BCUT2D eigenvalue weighted by Gasteiger charge is -2.15. The van der Waals surface area contributed by atoms with Crippen molar-refractivity contribution >= 4 is 23.3 Å². The van der Waals surface area contributed by atoms with E-state index in [4.69, 9.17) is 5.73 Å². The van der Waals surface area contributed by atoms with E-state index in [0.29, 0.717) is 6.04 Å². The molecule has 1 aromatic carbocycles. The number of halogens is 1. The Morgan fingerprint density at radius 1 is 1.33 bits per heavy atom. The Balaban J connectivity index is 0.00000120. The average molecular weight is 264 g/mol. The van der Waals surface area contributed by atoms with Crippen LogP contribution >= 0.6 is 12.4 Å². The smallest absolute Gasteiger partial charge is 0.0702 e. The van der Waals surface area contributed by atoms with Gasteiger partial charge < -0.3 is 5.73 Å². The summed E-state index contributed by atoms with van der Waals surface area (Å²) in [5.74, 6) is 0. The Labute approximate surface area is 113 Å². The molecule has 0 bridgehead atoms. The summed E-state index contributed by atoms with van der Waals surface area (Å²) in [6, 6.07) is 10.8. The molecule has 1 aliphatic rings. The van der Waals surface area contributed by atoms with Crippen LogP contribution in [0.3, 0.4) is 0 Å². The fourth-order valence-corrected chi connectivity index (χ4v) is 2.47. The van der Waals surface area contributed by atoms with E-state index in [-0.39, 0.29) is 12.4 Å². The van der Waals surface area contributed by atoms with Gasteiger partial charge in [-0.3, -0.25) is 9.88 Å². The quantitative estimate of drug-likeness (QED) is 0.903. The van der Waals surface area contributed by atoms with Gasteiger partial charge in [-0.2, -0.15) is 0 Å². The van der Waals surface area contributed by atoms with Crippen LogP contribution in [0.15, 0.2) is 36.5 Å². The molecule has 1 fully saturated rings. The zero-order valence-corrected chi connectivity index (χ0v) is 11.1. The van der Waals surface area contributed by atoms with Crippen LogP contribution in [0.25, 0.3) is 10.9 Å². The number of likely N-dealkylation sites (tertiary alicyclic amines) is 1. The minimum atomic E-state index is 0. The second kappa shape index (κ2) is 5.65. The zero-order chi connectivity index (χ0) is 11.7. The Morgan fingerprint density at radius 3 is 2.94 bits per heavy atom. The van der Waals surface area contributed by atoms with Gasteiger partial charge in [0.25, 0.3) is 0 Å². The topological polar surface area (TPSA) is 42.1 Å². The average Bonchev–Trinajstić information content (AvgIpc) is 2.75. The van der Waals surface area contributed by atoms with Crippen LogP contribution in [0.5, 0.6) is 0 Å². The molecule has 2 heterocycles. The van der Waals surface area contributed by atoms with Crippen molar-refractivity contribution in [2.24, 2.45) is 5.73 Å². The standard InChI is InChI=1S/C14H17N3.ClH/c15-13-5-6-17(10-13)9-11-7-12-3-1-2-4-14(12)16-8-11;/h1-4,7-8,13H,5-6,9-10,15H2;1H/t13-;/m1./s1. The highest BCUT2D eigenvalue weighted by atomic mass is 35.5. The van der Waals surface area contributed by atoms with Gasteiger partial charge >= 0.3 is 0 Å². The Bertz CT molecular complexity index is 529. The Morgan fingerprint density at radius 2 is 2.17 bits per heavy atom. The number of hydrogen-bond acceptors (Lipinski definition) is 3. The molecule has 0 saturated carbocycles. The van der Waals surface area contributed by atoms with Crippen molar-refractivity contribution in [3.63, 3.8) is 0 Å². The predicted octanol–water partition coefficient (Wildman–Crippen LogP) is 2.19. The summed E-state index contributed by atoms with van der Waals surface area (Å²) in [4.78, 5) is 6.88. The maximum absolute atomic E-state index is 5.91. The summed E-state index contributed by atoms with van der Waals surface area (Å²) in [7, 11) is 0. The fourth-order valence-electron chi connectivity index (χ4n) is 2.47. The summed E-state index contributed by atoms with van der Waals surface area (Å²) >= 11 is 0. The van der Waals surface area contributed by atoms with Gasteiger partial charge in [-0.25, -0.2) is 0 Å². The number of hydrogen-bond donors (Lipinski definition) is 1. The molecule has 0 spiro atoms. The summed E-state index contributed by atoms with van der Waals surface area (Å²) < 4.78 is 0. The molecule has 1 saturated heterocycles. The number of fused-ring (bicyclic) bond motifs is 1. The number of aromatic nitrogens is 1. The van der Waals surface area contributed by atoms with Gasteiger partial charge in [-0.15, -0.1) is 12.4 Å². The number of para-hydroxylation sites is 1. The maximum Gasteiger partial charge on any atom is 0.0702 e. The van der Waals surface area contributed by atoms with Crippen LogP contribution in [-0.4, -0.2) is 29.0 Å². The van der Waals surface area contributed by atoms with Gasteiger partial charge in [0.2, 0.25) is 0 Å². The van der Waals surface area contributed by atoms with E-state index in [9.17, 15) is 0 Å². The lowest BCUT2D eigenvalue weighted by atomic mass is 10.1. The van der Waals surface area contributed by atoms with E-state index < -0.39 is 0 Å². The van der Waals surface area contributed by atoms with E-state index in [1.54, 1.807) is 0 Å². The molecule has 0 radical (unpaired) electrons. The molecule has 2 aromatic rings. The van der Waals surface area contributed by atoms with Crippen molar-refractivity contribution in [1.29, 1.82) is 0 Å². The highest BCUT2D eigenvalue weighted by Crippen LogP contribution is 2.16. The summed E-state index contributed by atoms with van der Waals surface area (Å²) in [5, 5.41) is 1.22. The number of pyridine rings is 1. The first-order valence-corrected chi connectivity index (χ1v) is 6.13.